The molecule has 0 aliphatic heterocycles. The van der Waals surface area contributed by atoms with Crippen LogP contribution in [0.15, 0.2) is 29.4 Å². The van der Waals surface area contributed by atoms with Crippen molar-refractivity contribution in [3.8, 4) is 5.75 Å². The number of ether oxygens (including phenoxy) is 1. The second kappa shape index (κ2) is 8.62. The number of hydrogen-bond acceptors (Lipinski definition) is 4. The first-order chi connectivity index (χ1) is 11.2. The summed E-state index contributed by atoms with van der Waals surface area (Å²) in [5.74, 6) is 2.12. The third-order valence-corrected chi connectivity index (χ3v) is 3.97. The molecule has 1 aromatic heterocycles. The van der Waals surface area contributed by atoms with Gasteiger partial charge in [0.25, 0.3) is 0 Å². The van der Waals surface area contributed by atoms with Gasteiger partial charge in [0.2, 0.25) is 4.77 Å². The van der Waals surface area contributed by atoms with Crippen LogP contribution in [0.5, 0.6) is 5.75 Å². The van der Waals surface area contributed by atoms with Gasteiger partial charge in [-0.25, -0.2) is 0 Å². The number of aromatic amines is 1. The summed E-state index contributed by atoms with van der Waals surface area (Å²) in [6.45, 7) is 7.12. The molecular weight excluding hydrogens is 308 g/mol. The topological polar surface area (TPSA) is 55.2 Å². The van der Waals surface area contributed by atoms with Crippen LogP contribution in [0.1, 0.15) is 57.3 Å². The number of benzene rings is 1. The van der Waals surface area contributed by atoms with Gasteiger partial charge in [0, 0.05) is 5.92 Å². The fourth-order valence-electron chi connectivity index (χ4n) is 2.33. The average Bonchev–Trinajstić information content (AvgIpc) is 2.94. The summed E-state index contributed by atoms with van der Waals surface area (Å²) in [5.41, 5.74) is 0.993. The third kappa shape index (κ3) is 4.51. The van der Waals surface area contributed by atoms with E-state index < -0.39 is 0 Å². The molecule has 0 atom stereocenters. The van der Waals surface area contributed by atoms with Crippen LogP contribution in [0.25, 0.3) is 0 Å². The first-order valence-electron chi connectivity index (χ1n) is 8.14. The highest BCUT2D eigenvalue weighted by Gasteiger charge is 2.14. The molecule has 0 radical (unpaired) electrons. The van der Waals surface area contributed by atoms with Gasteiger partial charge in [0.05, 0.1) is 12.8 Å². The number of hydrogen-bond donors (Lipinski definition) is 1. The monoisotopic (exact) mass is 332 g/mol. The Hall–Kier alpha value is -1.95. The van der Waals surface area contributed by atoms with E-state index in [1.54, 1.807) is 10.9 Å². The lowest BCUT2D eigenvalue weighted by molar-refractivity contribution is 0.317. The number of H-pyrrole nitrogens is 1. The van der Waals surface area contributed by atoms with Gasteiger partial charge in [0.15, 0.2) is 5.82 Å². The lowest BCUT2D eigenvalue weighted by Gasteiger charge is -2.10. The molecule has 23 heavy (non-hydrogen) atoms. The molecule has 0 amide bonds. The molecule has 0 bridgehead atoms. The summed E-state index contributed by atoms with van der Waals surface area (Å²) >= 11 is 5.28. The Labute approximate surface area is 142 Å². The van der Waals surface area contributed by atoms with Gasteiger partial charge in [-0.15, -0.1) is 0 Å². The van der Waals surface area contributed by atoms with E-state index >= 15 is 0 Å². The van der Waals surface area contributed by atoms with Crippen molar-refractivity contribution >= 4 is 18.4 Å². The molecule has 1 aromatic carbocycles. The van der Waals surface area contributed by atoms with Gasteiger partial charge in [-0.1, -0.05) is 20.8 Å². The molecule has 0 saturated heterocycles. The highest BCUT2D eigenvalue weighted by molar-refractivity contribution is 7.71. The molecule has 0 aliphatic rings. The molecule has 1 N–H and O–H groups in total. The van der Waals surface area contributed by atoms with E-state index in [1.165, 1.54) is 0 Å². The molecule has 0 fully saturated rings. The van der Waals surface area contributed by atoms with Crippen molar-refractivity contribution in [2.75, 3.05) is 6.61 Å². The zero-order valence-electron chi connectivity index (χ0n) is 14.0. The Balaban J connectivity index is 2.17. The summed E-state index contributed by atoms with van der Waals surface area (Å²) < 4.78 is 7.81. The number of nitrogens with one attached hydrogen (secondary N) is 1. The second-order valence-corrected chi connectivity index (χ2v) is 5.76. The van der Waals surface area contributed by atoms with E-state index in [0.29, 0.717) is 10.7 Å². The zero-order chi connectivity index (χ0) is 16.7. The Bertz CT molecular complexity index is 683. The molecule has 2 rings (SSSR count). The van der Waals surface area contributed by atoms with Crippen LogP contribution >= 0.6 is 12.2 Å². The fourth-order valence-corrected chi connectivity index (χ4v) is 2.51. The molecule has 0 spiro atoms. The van der Waals surface area contributed by atoms with Crippen LogP contribution in [0.4, 0.5) is 0 Å². The smallest absolute Gasteiger partial charge is 0.216 e. The lowest BCUT2D eigenvalue weighted by atomic mass is 10.0. The van der Waals surface area contributed by atoms with Crippen molar-refractivity contribution < 1.29 is 4.74 Å². The van der Waals surface area contributed by atoms with E-state index in [4.69, 9.17) is 17.0 Å². The highest BCUT2D eigenvalue weighted by atomic mass is 32.1. The van der Waals surface area contributed by atoms with E-state index in [9.17, 15) is 0 Å². The van der Waals surface area contributed by atoms with Crippen molar-refractivity contribution in [3.05, 3.63) is 40.4 Å². The average molecular weight is 332 g/mol. The summed E-state index contributed by atoms with van der Waals surface area (Å²) in [6.07, 6.45) is 4.81. The van der Waals surface area contributed by atoms with Crippen LogP contribution in [0.2, 0.25) is 0 Å². The highest BCUT2D eigenvalue weighted by Crippen LogP contribution is 2.21. The maximum Gasteiger partial charge on any atom is 0.216 e. The molecule has 124 valence electrons. The molecule has 0 unspecified atom stereocenters. The normalized spacial score (nSPS) is 11.5. The van der Waals surface area contributed by atoms with Crippen LogP contribution in [0, 0.1) is 4.77 Å². The SMILES string of the molecule is CCCOc1ccc(/C=N\n2c(C(CC)CC)n[nH]c2=S)cc1. The molecule has 0 aliphatic carbocycles. The molecule has 5 nitrogen and oxygen atoms in total. The van der Waals surface area contributed by atoms with Gasteiger partial charge >= 0.3 is 0 Å². The van der Waals surface area contributed by atoms with E-state index in [-0.39, 0.29) is 0 Å². The Morgan fingerprint density at radius 2 is 1.96 bits per heavy atom. The maximum absolute atomic E-state index is 5.58. The predicted molar refractivity (Wildman–Crippen MR) is 96.0 cm³/mol. The number of nitrogens with zero attached hydrogens (tertiary/aromatic N) is 3. The molecular formula is C17H24N4OS. The minimum Gasteiger partial charge on any atom is -0.494 e. The Morgan fingerprint density at radius 3 is 2.57 bits per heavy atom. The Morgan fingerprint density at radius 1 is 1.26 bits per heavy atom. The quantitative estimate of drug-likeness (QED) is 0.571. The van der Waals surface area contributed by atoms with E-state index in [2.05, 4.69) is 36.1 Å². The van der Waals surface area contributed by atoms with Crippen molar-refractivity contribution in [3.63, 3.8) is 0 Å². The van der Waals surface area contributed by atoms with Gasteiger partial charge in [0.1, 0.15) is 5.75 Å². The van der Waals surface area contributed by atoms with Crippen molar-refractivity contribution in [1.29, 1.82) is 0 Å². The minimum atomic E-state index is 0.352. The lowest BCUT2D eigenvalue weighted by Crippen LogP contribution is -2.05. The molecule has 0 saturated carbocycles. The largest absolute Gasteiger partial charge is 0.494 e. The van der Waals surface area contributed by atoms with Crippen LogP contribution in [0.3, 0.4) is 0 Å². The van der Waals surface area contributed by atoms with Crippen LogP contribution in [-0.2, 0) is 0 Å². The molecule has 6 heteroatoms. The van der Waals surface area contributed by atoms with Gasteiger partial charge in [-0.05, 0) is 61.3 Å². The third-order valence-electron chi connectivity index (χ3n) is 3.70. The first-order valence-corrected chi connectivity index (χ1v) is 8.54. The molecule has 1 heterocycles. The van der Waals surface area contributed by atoms with Gasteiger partial charge < -0.3 is 4.74 Å². The maximum atomic E-state index is 5.58. The summed E-state index contributed by atoms with van der Waals surface area (Å²) in [6, 6.07) is 7.87. The van der Waals surface area contributed by atoms with E-state index in [0.717, 1.165) is 43.0 Å². The molecule has 2 aromatic rings. The van der Waals surface area contributed by atoms with Crippen LogP contribution < -0.4 is 4.74 Å². The van der Waals surface area contributed by atoms with E-state index in [1.807, 2.05) is 24.3 Å². The standard InChI is InChI=1S/C17H24N4OS/c1-4-11-22-15-9-7-13(8-10-15)12-18-21-16(14(5-2)6-3)19-20-17(21)23/h7-10,12,14H,4-6,11H2,1-3H3,(H,20,23)/b18-12-. The van der Waals surface area contributed by atoms with Crippen molar-refractivity contribution in [1.82, 2.24) is 14.9 Å². The van der Waals surface area contributed by atoms with Gasteiger partial charge in [-0.3, -0.25) is 5.10 Å². The minimum absolute atomic E-state index is 0.352. The Kier molecular flexibility index (Phi) is 6.52. The summed E-state index contributed by atoms with van der Waals surface area (Å²) in [7, 11) is 0. The van der Waals surface area contributed by atoms with Gasteiger partial charge in [-0.2, -0.15) is 14.9 Å². The summed E-state index contributed by atoms with van der Waals surface area (Å²) in [5, 5.41) is 11.7. The predicted octanol–water partition coefficient (Wildman–Crippen LogP) is 4.52. The van der Waals surface area contributed by atoms with Crippen LogP contribution in [-0.4, -0.2) is 27.7 Å². The zero-order valence-corrected chi connectivity index (χ0v) is 14.8. The first kappa shape index (κ1) is 17.4. The second-order valence-electron chi connectivity index (χ2n) is 5.37. The number of aromatic nitrogens is 3. The number of rotatable bonds is 8. The fraction of sp³-hybridized carbons (Fsp3) is 0.471. The van der Waals surface area contributed by atoms with Crippen molar-refractivity contribution in [2.24, 2.45) is 5.10 Å². The van der Waals surface area contributed by atoms with Crippen molar-refractivity contribution in [2.45, 2.75) is 46.0 Å². The summed E-state index contributed by atoms with van der Waals surface area (Å²) in [4.78, 5) is 0.